The van der Waals surface area contributed by atoms with Crippen LogP contribution in [-0.4, -0.2) is 19.1 Å². The largest absolute Gasteiger partial charge is 0.436 e. The maximum Gasteiger partial charge on any atom is 0.227 e. The van der Waals surface area contributed by atoms with Crippen LogP contribution in [0.1, 0.15) is 0 Å². The number of fused-ring (bicyclic) bond motifs is 8. The van der Waals surface area contributed by atoms with Crippen molar-refractivity contribution < 1.29 is 8.83 Å². The molecule has 0 atom stereocenters. The van der Waals surface area contributed by atoms with Gasteiger partial charge in [-0.25, -0.2) is 9.97 Å². The SMILES string of the molecule is c1ccc(-c2ccc3c(c2)c2ccccc2n3-c2ccc(-c3nc4c(-c5cccc6oc(-c7ccc(-n8c9ccccc9c9cc(-c%10ccccc%10)ccc98)cc7)nc56)cccc4o3)cc2)cc1. The average Bonchev–Trinajstić information content (AvgIpc) is 4.20. The molecule has 4 aromatic heterocycles. The molecule has 0 fully saturated rings. The number of benzene rings is 10. The van der Waals surface area contributed by atoms with E-state index in [1.807, 2.05) is 24.3 Å². The summed E-state index contributed by atoms with van der Waals surface area (Å²) in [6.07, 6.45) is 0. The zero-order valence-corrected chi connectivity index (χ0v) is 36.5. The van der Waals surface area contributed by atoms with Gasteiger partial charge in [0.2, 0.25) is 11.8 Å². The highest BCUT2D eigenvalue weighted by molar-refractivity contribution is 6.12. The lowest BCUT2D eigenvalue weighted by molar-refractivity contribution is 0.619. The minimum absolute atomic E-state index is 0.557. The number of nitrogens with zero attached hydrogens (tertiary/aromatic N) is 4. The van der Waals surface area contributed by atoms with E-state index in [4.69, 9.17) is 18.8 Å². The van der Waals surface area contributed by atoms with Gasteiger partial charge in [-0.1, -0.05) is 133 Å². The van der Waals surface area contributed by atoms with Gasteiger partial charge in [-0.3, -0.25) is 0 Å². The molecule has 0 aliphatic heterocycles. The Bertz CT molecular complexity index is 3960. The molecule has 14 aromatic rings. The van der Waals surface area contributed by atoms with Crippen molar-refractivity contribution >= 4 is 65.8 Å². The summed E-state index contributed by atoms with van der Waals surface area (Å²) in [6, 6.07) is 80.9. The molecule has 0 spiro atoms. The van der Waals surface area contributed by atoms with Crippen molar-refractivity contribution in [1.82, 2.24) is 19.1 Å². The molecule has 0 aliphatic carbocycles. The van der Waals surface area contributed by atoms with Gasteiger partial charge in [0.1, 0.15) is 11.0 Å². The molecule has 0 aliphatic rings. The van der Waals surface area contributed by atoms with E-state index in [0.717, 1.165) is 66.7 Å². The van der Waals surface area contributed by atoms with Gasteiger partial charge >= 0.3 is 0 Å². The Labute approximate surface area is 390 Å². The molecule has 4 heterocycles. The highest BCUT2D eigenvalue weighted by Gasteiger charge is 2.20. The summed E-state index contributed by atoms with van der Waals surface area (Å²) >= 11 is 0. The third kappa shape index (κ3) is 6.05. The van der Waals surface area contributed by atoms with Crippen LogP contribution >= 0.6 is 0 Å². The molecule has 0 unspecified atom stereocenters. The zero-order chi connectivity index (χ0) is 44.7. The Morgan fingerprint density at radius 2 is 0.662 bits per heavy atom. The standard InChI is InChI=1S/C62H38N4O2/c1-3-13-39(14-4-1)43-29-35-55-51(37-43)47-17-7-9-21-53(47)65(55)45-31-25-41(26-32-45)61-63-59-49(19-11-23-57(59)67-61)50-20-12-24-58-60(50)64-62(68-58)42-27-33-46(34-28-42)66-54-22-10-8-18-48(54)52-38-44(30-36-56(52)66)40-15-5-2-6-16-40/h1-38H. The molecule has 0 amide bonds. The Kier molecular flexibility index (Phi) is 8.48. The average molecular weight is 871 g/mol. The molecule has 0 bridgehead atoms. The van der Waals surface area contributed by atoms with Gasteiger partial charge in [-0.05, 0) is 119 Å². The second-order valence-corrected chi connectivity index (χ2v) is 17.3. The van der Waals surface area contributed by atoms with E-state index in [2.05, 4.69) is 215 Å². The normalized spacial score (nSPS) is 11.8. The molecule has 14 rings (SSSR count). The van der Waals surface area contributed by atoms with Gasteiger partial charge in [0.15, 0.2) is 11.2 Å². The number of para-hydroxylation sites is 4. The molecule has 0 saturated carbocycles. The molecule has 10 aromatic carbocycles. The van der Waals surface area contributed by atoms with E-state index in [-0.39, 0.29) is 0 Å². The fraction of sp³-hybridized carbons (Fsp3) is 0. The van der Waals surface area contributed by atoms with Crippen molar-refractivity contribution in [1.29, 1.82) is 0 Å². The second kappa shape index (κ2) is 15.2. The van der Waals surface area contributed by atoms with E-state index in [1.165, 1.54) is 43.8 Å². The van der Waals surface area contributed by atoms with Gasteiger partial charge in [0.05, 0.1) is 22.1 Å². The summed E-state index contributed by atoms with van der Waals surface area (Å²) in [6.45, 7) is 0. The van der Waals surface area contributed by atoms with E-state index in [9.17, 15) is 0 Å². The van der Waals surface area contributed by atoms with Crippen molar-refractivity contribution in [3.8, 4) is 67.7 Å². The molecule has 0 radical (unpaired) electrons. The summed E-state index contributed by atoms with van der Waals surface area (Å²) in [4.78, 5) is 10.2. The molecule has 0 N–H and O–H groups in total. The fourth-order valence-corrected chi connectivity index (χ4v) is 10.2. The van der Waals surface area contributed by atoms with Gasteiger partial charge in [-0.2, -0.15) is 0 Å². The van der Waals surface area contributed by atoms with Crippen molar-refractivity contribution in [2.45, 2.75) is 0 Å². The first-order valence-corrected chi connectivity index (χ1v) is 22.9. The van der Waals surface area contributed by atoms with Crippen molar-refractivity contribution in [2.24, 2.45) is 0 Å². The van der Waals surface area contributed by atoms with E-state index in [1.54, 1.807) is 0 Å². The van der Waals surface area contributed by atoms with Crippen molar-refractivity contribution in [2.75, 3.05) is 0 Å². The topological polar surface area (TPSA) is 61.9 Å². The van der Waals surface area contributed by atoms with Crippen LogP contribution in [0.5, 0.6) is 0 Å². The van der Waals surface area contributed by atoms with Crippen LogP contribution in [0.4, 0.5) is 0 Å². The van der Waals surface area contributed by atoms with Crippen LogP contribution in [0.3, 0.4) is 0 Å². The predicted octanol–water partition coefficient (Wildman–Crippen LogP) is 16.5. The van der Waals surface area contributed by atoms with E-state index in [0.29, 0.717) is 22.9 Å². The van der Waals surface area contributed by atoms with Crippen LogP contribution in [0.15, 0.2) is 239 Å². The van der Waals surface area contributed by atoms with Crippen LogP contribution < -0.4 is 0 Å². The summed E-state index contributed by atoms with van der Waals surface area (Å²) < 4.78 is 17.6. The van der Waals surface area contributed by atoms with Crippen LogP contribution in [0.25, 0.3) is 133 Å². The minimum atomic E-state index is 0.557. The number of rotatable bonds is 7. The quantitative estimate of drug-likeness (QED) is 0.160. The predicted molar refractivity (Wildman–Crippen MR) is 277 cm³/mol. The van der Waals surface area contributed by atoms with E-state index >= 15 is 0 Å². The Balaban J connectivity index is 0.788. The van der Waals surface area contributed by atoms with Gasteiger partial charge in [0, 0.05) is 55.2 Å². The smallest absolute Gasteiger partial charge is 0.227 e. The molecule has 68 heavy (non-hydrogen) atoms. The molecular weight excluding hydrogens is 833 g/mol. The first-order valence-electron chi connectivity index (χ1n) is 22.9. The van der Waals surface area contributed by atoms with Gasteiger partial charge in [0.25, 0.3) is 0 Å². The molecule has 318 valence electrons. The van der Waals surface area contributed by atoms with E-state index < -0.39 is 0 Å². The Morgan fingerprint density at radius 1 is 0.279 bits per heavy atom. The molecule has 6 heteroatoms. The molecule has 6 nitrogen and oxygen atoms in total. The molecular formula is C62H38N4O2. The first-order chi connectivity index (χ1) is 33.7. The molecule has 0 saturated heterocycles. The lowest BCUT2D eigenvalue weighted by Gasteiger charge is -2.09. The Hall–Kier alpha value is -9.26. The third-order valence-electron chi connectivity index (χ3n) is 13.4. The number of oxazole rings is 2. The summed E-state index contributed by atoms with van der Waals surface area (Å²) in [7, 11) is 0. The van der Waals surface area contributed by atoms with Crippen molar-refractivity contribution in [3.63, 3.8) is 0 Å². The van der Waals surface area contributed by atoms with Gasteiger partial charge in [-0.15, -0.1) is 0 Å². The third-order valence-corrected chi connectivity index (χ3v) is 13.4. The lowest BCUT2D eigenvalue weighted by Crippen LogP contribution is -1.93. The summed E-state index contributed by atoms with van der Waals surface area (Å²) in [5, 5.41) is 4.88. The van der Waals surface area contributed by atoms with Crippen LogP contribution in [-0.2, 0) is 0 Å². The monoisotopic (exact) mass is 870 g/mol. The van der Waals surface area contributed by atoms with Gasteiger partial charge < -0.3 is 18.0 Å². The second-order valence-electron chi connectivity index (χ2n) is 17.3. The number of hydrogen-bond donors (Lipinski definition) is 0. The van der Waals surface area contributed by atoms with Crippen LogP contribution in [0, 0.1) is 0 Å². The first kappa shape index (κ1) is 38.1. The Morgan fingerprint density at radius 3 is 1.10 bits per heavy atom. The lowest BCUT2D eigenvalue weighted by atomic mass is 10.0. The number of hydrogen-bond acceptors (Lipinski definition) is 4. The summed E-state index contributed by atoms with van der Waals surface area (Å²) in [5.41, 5.74) is 18.2. The fourth-order valence-electron chi connectivity index (χ4n) is 10.2. The highest BCUT2D eigenvalue weighted by atomic mass is 16.4. The number of aromatic nitrogens is 4. The maximum absolute atomic E-state index is 6.49. The minimum Gasteiger partial charge on any atom is -0.436 e. The zero-order valence-electron chi connectivity index (χ0n) is 36.5. The maximum atomic E-state index is 6.49. The highest BCUT2D eigenvalue weighted by Crippen LogP contribution is 2.40. The summed E-state index contributed by atoms with van der Waals surface area (Å²) in [5.74, 6) is 1.11. The van der Waals surface area contributed by atoms with Crippen molar-refractivity contribution in [3.05, 3.63) is 231 Å². The van der Waals surface area contributed by atoms with Crippen LogP contribution in [0.2, 0.25) is 0 Å².